The summed E-state index contributed by atoms with van der Waals surface area (Å²) in [6, 6.07) is 7.65. The van der Waals surface area contributed by atoms with Crippen molar-refractivity contribution in [1.29, 1.82) is 0 Å². The van der Waals surface area contributed by atoms with E-state index < -0.39 is 0 Å². The van der Waals surface area contributed by atoms with Crippen molar-refractivity contribution in [2.75, 3.05) is 39.4 Å². The van der Waals surface area contributed by atoms with Crippen LogP contribution in [0, 0.1) is 10.1 Å². The molecule has 0 spiro atoms. The highest BCUT2D eigenvalue weighted by Gasteiger charge is 2.25. The fourth-order valence-corrected chi connectivity index (χ4v) is 3.41. The monoisotopic (exact) mass is 305 g/mol. The van der Waals surface area contributed by atoms with Gasteiger partial charge in [0, 0.05) is 37.8 Å². The molecule has 2 aliphatic rings. The molecule has 0 radical (unpaired) electrons. The van der Waals surface area contributed by atoms with Crippen molar-refractivity contribution in [3.63, 3.8) is 0 Å². The number of non-ortho nitro benzene ring substituents is 1. The van der Waals surface area contributed by atoms with Crippen molar-refractivity contribution in [1.82, 2.24) is 9.80 Å². The molecule has 0 unspecified atom stereocenters. The molecular weight excluding hydrogens is 282 g/mol. The maximum absolute atomic E-state index is 10.8. The van der Waals surface area contributed by atoms with Gasteiger partial charge in [0.05, 0.1) is 18.1 Å². The minimum Gasteiger partial charge on any atom is -0.379 e. The van der Waals surface area contributed by atoms with Gasteiger partial charge in [-0.1, -0.05) is 12.1 Å². The van der Waals surface area contributed by atoms with Gasteiger partial charge < -0.3 is 4.74 Å². The van der Waals surface area contributed by atoms with Gasteiger partial charge in [-0.05, 0) is 31.5 Å². The lowest BCUT2D eigenvalue weighted by Crippen LogP contribution is -2.48. The predicted octanol–water partition coefficient (Wildman–Crippen LogP) is 1.89. The summed E-state index contributed by atoms with van der Waals surface area (Å²) in [5.74, 6) is 0. The van der Waals surface area contributed by atoms with E-state index in [4.69, 9.17) is 4.74 Å². The van der Waals surface area contributed by atoms with Crippen LogP contribution in [0.3, 0.4) is 0 Å². The first kappa shape index (κ1) is 15.4. The Morgan fingerprint density at radius 1 is 1.18 bits per heavy atom. The third-order valence-corrected chi connectivity index (χ3v) is 4.65. The Morgan fingerprint density at radius 3 is 2.59 bits per heavy atom. The van der Waals surface area contributed by atoms with Crippen molar-refractivity contribution in [2.45, 2.75) is 25.4 Å². The minimum absolute atomic E-state index is 0.181. The number of rotatable bonds is 4. The molecule has 1 aromatic carbocycles. The molecule has 3 rings (SSSR count). The van der Waals surface area contributed by atoms with E-state index in [2.05, 4.69) is 9.80 Å². The first-order valence-corrected chi connectivity index (χ1v) is 8.00. The van der Waals surface area contributed by atoms with Crippen LogP contribution in [0.4, 0.5) is 5.69 Å². The lowest BCUT2D eigenvalue weighted by atomic mass is 10.0. The van der Waals surface area contributed by atoms with Gasteiger partial charge in [-0.2, -0.15) is 0 Å². The topological polar surface area (TPSA) is 58.9 Å². The maximum atomic E-state index is 10.8. The number of nitro benzene ring substituents is 1. The van der Waals surface area contributed by atoms with Crippen LogP contribution in [0.25, 0.3) is 0 Å². The summed E-state index contributed by atoms with van der Waals surface area (Å²) >= 11 is 0. The van der Waals surface area contributed by atoms with Gasteiger partial charge in [-0.3, -0.25) is 19.9 Å². The van der Waals surface area contributed by atoms with Crippen LogP contribution in [0.15, 0.2) is 24.3 Å². The molecule has 2 saturated heterocycles. The summed E-state index contributed by atoms with van der Waals surface area (Å²) in [5, 5.41) is 10.8. The third-order valence-electron chi connectivity index (χ3n) is 4.65. The molecule has 0 aliphatic carbocycles. The van der Waals surface area contributed by atoms with E-state index in [-0.39, 0.29) is 10.6 Å². The van der Waals surface area contributed by atoms with E-state index in [9.17, 15) is 10.1 Å². The lowest BCUT2D eigenvalue weighted by molar-refractivity contribution is -0.384. The highest BCUT2D eigenvalue weighted by atomic mass is 16.6. The number of nitro groups is 1. The molecule has 0 saturated carbocycles. The number of benzene rings is 1. The normalized spacial score (nSPS) is 21.8. The number of likely N-dealkylation sites (tertiary alicyclic amines) is 1. The van der Waals surface area contributed by atoms with E-state index in [1.165, 1.54) is 12.8 Å². The zero-order valence-corrected chi connectivity index (χ0v) is 12.8. The number of piperidine rings is 1. The summed E-state index contributed by atoms with van der Waals surface area (Å²) < 4.78 is 5.41. The highest BCUT2D eigenvalue weighted by Crippen LogP contribution is 2.20. The van der Waals surface area contributed by atoms with Crippen LogP contribution in [0.2, 0.25) is 0 Å². The molecule has 2 heterocycles. The van der Waals surface area contributed by atoms with Gasteiger partial charge in [0.1, 0.15) is 0 Å². The molecule has 0 atom stereocenters. The number of hydrogen-bond donors (Lipinski definition) is 0. The minimum atomic E-state index is -0.325. The van der Waals surface area contributed by atoms with E-state index in [0.717, 1.165) is 51.5 Å². The highest BCUT2D eigenvalue weighted by molar-refractivity contribution is 5.34. The first-order chi connectivity index (χ1) is 10.7. The maximum Gasteiger partial charge on any atom is 0.269 e. The zero-order chi connectivity index (χ0) is 15.4. The van der Waals surface area contributed by atoms with Crippen molar-refractivity contribution < 1.29 is 9.66 Å². The van der Waals surface area contributed by atoms with Crippen molar-refractivity contribution in [3.8, 4) is 0 Å². The summed E-state index contributed by atoms with van der Waals surface area (Å²) in [7, 11) is 0. The molecule has 6 heteroatoms. The van der Waals surface area contributed by atoms with Gasteiger partial charge in [0.25, 0.3) is 5.69 Å². The molecule has 2 fully saturated rings. The Labute approximate surface area is 130 Å². The second-order valence-corrected chi connectivity index (χ2v) is 6.08. The third kappa shape index (κ3) is 3.82. The number of ether oxygens (including phenoxy) is 1. The van der Waals surface area contributed by atoms with E-state index in [1.807, 2.05) is 6.07 Å². The van der Waals surface area contributed by atoms with Crippen LogP contribution in [-0.4, -0.2) is 60.2 Å². The average Bonchev–Trinajstić information content (AvgIpc) is 2.56. The van der Waals surface area contributed by atoms with E-state index >= 15 is 0 Å². The average molecular weight is 305 g/mol. The van der Waals surface area contributed by atoms with Crippen LogP contribution < -0.4 is 0 Å². The molecule has 1 aromatic rings. The van der Waals surface area contributed by atoms with Crippen LogP contribution in [-0.2, 0) is 11.3 Å². The van der Waals surface area contributed by atoms with Crippen LogP contribution in [0.1, 0.15) is 18.4 Å². The molecule has 0 aromatic heterocycles. The summed E-state index contributed by atoms with van der Waals surface area (Å²) in [6.45, 7) is 6.74. The SMILES string of the molecule is O=[N+]([O-])c1cccc(CN2CCC(N3CCOCC3)CC2)c1. The Morgan fingerprint density at radius 2 is 1.91 bits per heavy atom. The second kappa shape index (κ2) is 7.17. The van der Waals surface area contributed by atoms with Crippen molar-refractivity contribution >= 4 is 5.69 Å². The van der Waals surface area contributed by atoms with Gasteiger partial charge >= 0.3 is 0 Å². The first-order valence-electron chi connectivity index (χ1n) is 8.00. The fourth-order valence-electron chi connectivity index (χ4n) is 3.41. The van der Waals surface area contributed by atoms with Gasteiger partial charge in [-0.15, -0.1) is 0 Å². The molecular formula is C16H23N3O3. The largest absolute Gasteiger partial charge is 0.379 e. The molecule has 120 valence electrons. The summed E-state index contributed by atoms with van der Waals surface area (Å²) in [4.78, 5) is 15.5. The molecule has 22 heavy (non-hydrogen) atoms. The standard InChI is InChI=1S/C16H23N3O3/c20-19(21)16-3-1-2-14(12-16)13-17-6-4-15(5-7-17)18-8-10-22-11-9-18/h1-3,12,15H,4-11,13H2. The van der Waals surface area contributed by atoms with Gasteiger partial charge in [0.2, 0.25) is 0 Å². The van der Waals surface area contributed by atoms with E-state index in [0.29, 0.717) is 6.04 Å². The van der Waals surface area contributed by atoms with Gasteiger partial charge in [0.15, 0.2) is 0 Å². The Balaban J connectivity index is 1.51. The molecule has 0 amide bonds. The van der Waals surface area contributed by atoms with Gasteiger partial charge in [-0.25, -0.2) is 0 Å². The molecule has 0 N–H and O–H groups in total. The number of hydrogen-bond acceptors (Lipinski definition) is 5. The summed E-state index contributed by atoms with van der Waals surface area (Å²) in [6.07, 6.45) is 2.35. The Bertz CT molecular complexity index is 509. The lowest BCUT2D eigenvalue weighted by Gasteiger charge is -2.40. The Hall–Kier alpha value is -1.50. The van der Waals surface area contributed by atoms with Crippen LogP contribution >= 0.6 is 0 Å². The smallest absolute Gasteiger partial charge is 0.269 e. The van der Waals surface area contributed by atoms with Crippen molar-refractivity contribution in [2.24, 2.45) is 0 Å². The predicted molar refractivity (Wildman–Crippen MR) is 83.8 cm³/mol. The number of morpholine rings is 1. The fraction of sp³-hybridized carbons (Fsp3) is 0.625. The molecule has 0 bridgehead atoms. The Kier molecular flexibility index (Phi) is 5.02. The van der Waals surface area contributed by atoms with E-state index in [1.54, 1.807) is 18.2 Å². The number of nitrogens with zero attached hydrogens (tertiary/aromatic N) is 3. The second-order valence-electron chi connectivity index (χ2n) is 6.08. The van der Waals surface area contributed by atoms with Crippen LogP contribution in [0.5, 0.6) is 0 Å². The zero-order valence-electron chi connectivity index (χ0n) is 12.8. The quantitative estimate of drug-likeness (QED) is 0.628. The molecule has 2 aliphatic heterocycles. The summed E-state index contributed by atoms with van der Waals surface area (Å²) in [5.41, 5.74) is 1.21. The van der Waals surface area contributed by atoms with Crippen molar-refractivity contribution in [3.05, 3.63) is 39.9 Å². The molecule has 6 nitrogen and oxygen atoms in total.